The number of para-hydroxylation sites is 1. The first-order valence-corrected chi connectivity index (χ1v) is 10.9. The number of carbonyl (C=O) groups is 3. The summed E-state index contributed by atoms with van der Waals surface area (Å²) >= 11 is 0. The summed E-state index contributed by atoms with van der Waals surface area (Å²) in [7, 11) is 0. The fraction of sp³-hybridized carbons (Fsp3) is 0.222. The summed E-state index contributed by atoms with van der Waals surface area (Å²) in [4.78, 5) is 38.6. The van der Waals surface area contributed by atoms with Gasteiger partial charge in [0, 0.05) is 11.3 Å². The Balaban J connectivity index is 1.75. The van der Waals surface area contributed by atoms with Crippen molar-refractivity contribution in [3.63, 3.8) is 0 Å². The van der Waals surface area contributed by atoms with E-state index in [2.05, 4.69) is 16.0 Å². The fourth-order valence-corrected chi connectivity index (χ4v) is 3.30. The molecule has 1 unspecified atom stereocenters. The Hall–Kier alpha value is -3.93. The molecule has 6 nitrogen and oxygen atoms in total. The van der Waals surface area contributed by atoms with Gasteiger partial charge in [0.15, 0.2) is 0 Å². The van der Waals surface area contributed by atoms with Gasteiger partial charge in [-0.05, 0) is 56.2 Å². The molecule has 0 heterocycles. The molecule has 0 spiro atoms. The number of anilines is 2. The van der Waals surface area contributed by atoms with Crippen LogP contribution in [0.4, 0.5) is 11.4 Å². The largest absolute Gasteiger partial charge is 0.340 e. The molecule has 0 aliphatic rings. The van der Waals surface area contributed by atoms with E-state index < -0.39 is 11.9 Å². The number of amides is 3. The van der Waals surface area contributed by atoms with Gasteiger partial charge < -0.3 is 16.0 Å². The first-order chi connectivity index (χ1) is 15.7. The number of benzene rings is 3. The van der Waals surface area contributed by atoms with Gasteiger partial charge in [0.1, 0.15) is 6.04 Å². The van der Waals surface area contributed by atoms with Gasteiger partial charge in [-0.2, -0.15) is 0 Å². The van der Waals surface area contributed by atoms with E-state index in [-0.39, 0.29) is 23.3 Å². The standard InChI is InChI=1S/C27H29N3O3/c1-17(2)24(27(33)28-21-15-11-19(4)12-16-21)30-26(32)22-7-5-6-8-23(22)29-25(31)20-13-9-18(3)10-14-20/h5-17,24H,1-4H3,(H,28,33)(H,29,31)(H,30,32). The third-order valence-electron chi connectivity index (χ3n) is 5.29. The molecule has 3 N–H and O–H groups in total. The average Bonchev–Trinajstić information content (AvgIpc) is 2.79. The lowest BCUT2D eigenvalue weighted by Gasteiger charge is -2.22. The summed E-state index contributed by atoms with van der Waals surface area (Å²) in [6, 6.07) is 20.6. The lowest BCUT2D eigenvalue weighted by molar-refractivity contribution is -0.118. The first kappa shape index (κ1) is 23.7. The highest BCUT2D eigenvalue weighted by molar-refractivity contribution is 6.10. The Kier molecular flexibility index (Phi) is 7.61. The van der Waals surface area contributed by atoms with Crippen LogP contribution in [-0.2, 0) is 4.79 Å². The monoisotopic (exact) mass is 443 g/mol. The third-order valence-corrected chi connectivity index (χ3v) is 5.29. The molecule has 3 aromatic rings. The normalized spacial score (nSPS) is 11.5. The van der Waals surface area contributed by atoms with E-state index in [1.807, 2.05) is 64.1 Å². The molecule has 3 rings (SSSR count). The average molecular weight is 444 g/mol. The second-order valence-corrected chi connectivity index (χ2v) is 8.42. The van der Waals surface area contributed by atoms with E-state index in [0.717, 1.165) is 11.1 Å². The van der Waals surface area contributed by atoms with Crippen LogP contribution >= 0.6 is 0 Å². The number of carbonyl (C=O) groups excluding carboxylic acids is 3. The maximum atomic E-state index is 13.1. The molecular formula is C27H29N3O3. The molecular weight excluding hydrogens is 414 g/mol. The highest BCUT2D eigenvalue weighted by Gasteiger charge is 2.26. The number of nitrogens with one attached hydrogen (secondary N) is 3. The predicted octanol–water partition coefficient (Wildman–Crippen LogP) is 4.95. The van der Waals surface area contributed by atoms with E-state index in [9.17, 15) is 14.4 Å². The van der Waals surface area contributed by atoms with Gasteiger partial charge in [-0.25, -0.2) is 0 Å². The molecule has 0 fully saturated rings. The summed E-state index contributed by atoms with van der Waals surface area (Å²) in [5.74, 6) is -1.20. The van der Waals surface area contributed by atoms with Gasteiger partial charge in [-0.3, -0.25) is 14.4 Å². The van der Waals surface area contributed by atoms with E-state index >= 15 is 0 Å². The summed E-state index contributed by atoms with van der Waals surface area (Å²) in [5.41, 5.74) is 3.96. The number of hydrogen-bond donors (Lipinski definition) is 3. The van der Waals surface area contributed by atoms with E-state index in [1.165, 1.54) is 0 Å². The van der Waals surface area contributed by atoms with Crippen LogP contribution < -0.4 is 16.0 Å². The van der Waals surface area contributed by atoms with Crippen molar-refractivity contribution in [2.24, 2.45) is 5.92 Å². The Bertz CT molecular complexity index is 1140. The Morgan fingerprint density at radius 2 is 1.27 bits per heavy atom. The minimum atomic E-state index is -0.750. The lowest BCUT2D eigenvalue weighted by Crippen LogP contribution is -2.47. The van der Waals surface area contributed by atoms with Crippen LogP contribution in [0.1, 0.15) is 45.7 Å². The molecule has 6 heteroatoms. The van der Waals surface area contributed by atoms with Gasteiger partial charge in [0.05, 0.1) is 11.3 Å². The second kappa shape index (κ2) is 10.6. The van der Waals surface area contributed by atoms with Crippen LogP contribution in [0.2, 0.25) is 0 Å². The number of hydrogen-bond acceptors (Lipinski definition) is 3. The Labute approximate surface area is 194 Å². The minimum Gasteiger partial charge on any atom is -0.340 e. The molecule has 0 saturated heterocycles. The van der Waals surface area contributed by atoms with Crippen LogP contribution in [0.3, 0.4) is 0 Å². The molecule has 33 heavy (non-hydrogen) atoms. The maximum Gasteiger partial charge on any atom is 0.255 e. The highest BCUT2D eigenvalue weighted by atomic mass is 16.2. The topological polar surface area (TPSA) is 87.3 Å². The maximum absolute atomic E-state index is 13.1. The fourth-order valence-electron chi connectivity index (χ4n) is 3.30. The van der Waals surface area contributed by atoms with Crippen LogP contribution in [0, 0.1) is 19.8 Å². The SMILES string of the molecule is Cc1ccc(NC(=O)C(NC(=O)c2ccccc2NC(=O)c2ccc(C)cc2)C(C)C)cc1. The molecule has 1 atom stereocenters. The van der Waals surface area contributed by atoms with Crippen molar-refractivity contribution < 1.29 is 14.4 Å². The summed E-state index contributed by atoms with van der Waals surface area (Å²) in [5, 5.41) is 8.48. The molecule has 0 saturated carbocycles. The molecule has 0 bridgehead atoms. The van der Waals surface area contributed by atoms with Crippen LogP contribution in [0.5, 0.6) is 0 Å². The molecule has 3 amide bonds. The van der Waals surface area contributed by atoms with Crippen LogP contribution in [-0.4, -0.2) is 23.8 Å². The third kappa shape index (κ3) is 6.29. The lowest BCUT2D eigenvalue weighted by atomic mass is 10.0. The van der Waals surface area contributed by atoms with E-state index in [0.29, 0.717) is 16.9 Å². The molecule has 0 aromatic heterocycles. The van der Waals surface area contributed by atoms with Gasteiger partial charge in [-0.1, -0.05) is 61.4 Å². The van der Waals surface area contributed by atoms with E-state index in [1.54, 1.807) is 36.4 Å². The number of aryl methyl sites for hydroxylation is 2. The zero-order chi connectivity index (χ0) is 24.0. The van der Waals surface area contributed by atoms with Crippen molar-refractivity contribution >= 4 is 29.1 Å². The quantitative estimate of drug-likeness (QED) is 0.483. The van der Waals surface area contributed by atoms with Crippen LogP contribution in [0.25, 0.3) is 0 Å². The molecule has 0 radical (unpaired) electrons. The van der Waals surface area contributed by atoms with Crippen molar-refractivity contribution in [1.29, 1.82) is 0 Å². The highest BCUT2D eigenvalue weighted by Crippen LogP contribution is 2.18. The van der Waals surface area contributed by atoms with Gasteiger partial charge in [0.2, 0.25) is 5.91 Å². The molecule has 3 aromatic carbocycles. The molecule has 0 aliphatic heterocycles. The summed E-state index contributed by atoms with van der Waals surface area (Å²) in [6.45, 7) is 7.65. The van der Waals surface area contributed by atoms with Crippen molar-refractivity contribution in [3.05, 3.63) is 95.1 Å². The van der Waals surface area contributed by atoms with Crippen LogP contribution in [0.15, 0.2) is 72.8 Å². The molecule has 170 valence electrons. The molecule has 0 aliphatic carbocycles. The Morgan fingerprint density at radius 3 is 1.88 bits per heavy atom. The number of rotatable bonds is 7. The van der Waals surface area contributed by atoms with Gasteiger partial charge in [-0.15, -0.1) is 0 Å². The Morgan fingerprint density at radius 1 is 0.697 bits per heavy atom. The van der Waals surface area contributed by atoms with Crippen molar-refractivity contribution in [1.82, 2.24) is 5.32 Å². The zero-order valence-electron chi connectivity index (χ0n) is 19.3. The van der Waals surface area contributed by atoms with Gasteiger partial charge in [0.25, 0.3) is 11.8 Å². The zero-order valence-corrected chi connectivity index (χ0v) is 19.3. The van der Waals surface area contributed by atoms with Crippen molar-refractivity contribution in [3.8, 4) is 0 Å². The predicted molar refractivity (Wildman–Crippen MR) is 131 cm³/mol. The first-order valence-electron chi connectivity index (χ1n) is 10.9. The second-order valence-electron chi connectivity index (χ2n) is 8.42. The smallest absolute Gasteiger partial charge is 0.255 e. The van der Waals surface area contributed by atoms with Gasteiger partial charge >= 0.3 is 0 Å². The summed E-state index contributed by atoms with van der Waals surface area (Å²) < 4.78 is 0. The summed E-state index contributed by atoms with van der Waals surface area (Å²) in [6.07, 6.45) is 0. The van der Waals surface area contributed by atoms with E-state index in [4.69, 9.17) is 0 Å². The van der Waals surface area contributed by atoms with Crippen molar-refractivity contribution in [2.45, 2.75) is 33.7 Å². The van der Waals surface area contributed by atoms with Crippen molar-refractivity contribution in [2.75, 3.05) is 10.6 Å². The minimum absolute atomic E-state index is 0.145.